The lowest BCUT2D eigenvalue weighted by Gasteiger charge is -2.29. The molecule has 41 heavy (non-hydrogen) atoms. The van der Waals surface area contributed by atoms with E-state index in [4.69, 9.17) is 9.47 Å². The number of rotatable bonds is 10. The Morgan fingerprint density at radius 1 is 1.15 bits per heavy atom. The van der Waals surface area contributed by atoms with Crippen LogP contribution < -0.4 is 14.8 Å². The maximum atomic E-state index is 14.8. The van der Waals surface area contributed by atoms with Crippen molar-refractivity contribution in [1.82, 2.24) is 10.3 Å². The third-order valence-electron chi connectivity index (χ3n) is 7.95. The summed E-state index contributed by atoms with van der Waals surface area (Å²) in [5.74, 6) is -0.853. The molecule has 2 aliphatic rings. The van der Waals surface area contributed by atoms with E-state index < -0.39 is 30.4 Å². The summed E-state index contributed by atoms with van der Waals surface area (Å²) in [4.78, 5) is 15.6. The Morgan fingerprint density at radius 3 is 2.61 bits per heavy atom. The first-order valence-electron chi connectivity index (χ1n) is 13.7. The molecule has 2 heterocycles. The van der Waals surface area contributed by atoms with Crippen LogP contribution in [0.3, 0.4) is 0 Å². The summed E-state index contributed by atoms with van der Waals surface area (Å²) >= 11 is 0. The summed E-state index contributed by atoms with van der Waals surface area (Å²) in [7, 11) is 1.40. The molecule has 0 saturated heterocycles. The van der Waals surface area contributed by atoms with Gasteiger partial charge < -0.3 is 19.9 Å². The van der Waals surface area contributed by atoms with Gasteiger partial charge in [0.2, 0.25) is 5.88 Å². The van der Waals surface area contributed by atoms with Gasteiger partial charge in [0.1, 0.15) is 17.7 Å². The van der Waals surface area contributed by atoms with Crippen LogP contribution in [0.4, 0.5) is 17.6 Å². The molecule has 5 rings (SSSR count). The number of nitrogens with zero attached hydrogens (tertiary/aromatic N) is 1. The summed E-state index contributed by atoms with van der Waals surface area (Å²) in [6, 6.07) is 12.6. The van der Waals surface area contributed by atoms with Crippen molar-refractivity contribution in [3.63, 3.8) is 0 Å². The fraction of sp³-hybridized carbons (Fsp3) is 0.419. The van der Waals surface area contributed by atoms with Crippen LogP contribution in [0.2, 0.25) is 0 Å². The van der Waals surface area contributed by atoms with Crippen LogP contribution in [-0.2, 0) is 17.8 Å². The molecule has 0 bridgehead atoms. The fourth-order valence-electron chi connectivity index (χ4n) is 5.71. The van der Waals surface area contributed by atoms with Gasteiger partial charge in [-0.1, -0.05) is 37.3 Å². The van der Waals surface area contributed by atoms with Gasteiger partial charge in [0.25, 0.3) is 0 Å². The Bertz CT molecular complexity index is 1420. The van der Waals surface area contributed by atoms with Gasteiger partial charge in [-0.15, -0.1) is 0 Å². The molecular weight excluding hydrogens is 540 g/mol. The van der Waals surface area contributed by atoms with Crippen molar-refractivity contribution in [3.05, 3.63) is 76.7 Å². The number of hydrogen-bond acceptors (Lipinski definition) is 5. The number of ether oxygens (including phenoxy) is 2. The number of aromatic nitrogens is 1. The van der Waals surface area contributed by atoms with Crippen LogP contribution in [0.5, 0.6) is 11.6 Å². The molecule has 10 heteroatoms. The molecule has 218 valence electrons. The Labute approximate surface area is 235 Å². The number of carboxylic acids is 1. The van der Waals surface area contributed by atoms with Crippen LogP contribution in [0.15, 0.2) is 48.7 Å². The summed E-state index contributed by atoms with van der Waals surface area (Å²) in [6.07, 6.45) is -0.366. The number of hydrogen-bond donors (Lipinski definition) is 2. The number of pyridine rings is 1. The molecule has 0 amide bonds. The maximum absolute atomic E-state index is 14.8. The Kier molecular flexibility index (Phi) is 8.22. The second-order valence-electron chi connectivity index (χ2n) is 10.8. The van der Waals surface area contributed by atoms with Crippen molar-refractivity contribution >= 4 is 5.97 Å². The lowest BCUT2D eigenvalue weighted by Crippen LogP contribution is -2.28. The van der Waals surface area contributed by atoms with E-state index in [1.165, 1.54) is 13.2 Å². The zero-order valence-corrected chi connectivity index (χ0v) is 22.8. The average molecular weight is 573 g/mol. The Hall–Kier alpha value is -3.66. The largest absolute Gasteiger partial charge is 0.485 e. The van der Waals surface area contributed by atoms with Crippen molar-refractivity contribution in [2.24, 2.45) is 11.8 Å². The quantitative estimate of drug-likeness (QED) is 0.259. The van der Waals surface area contributed by atoms with E-state index in [2.05, 4.69) is 10.3 Å². The summed E-state index contributed by atoms with van der Waals surface area (Å²) in [5.41, 5.74) is 3.80. The summed E-state index contributed by atoms with van der Waals surface area (Å²) < 4.78 is 65.0. The number of aryl methyl sites for hydroxylation is 1. The molecule has 3 atom stereocenters. The van der Waals surface area contributed by atoms with E-state index in [9.17, 15) is 27.5 Å². The molecule has 1 aromatic heterocycles. The average Bonchev–Trinajstić information content (AvgIpc) is 3.77. The van der Waals surface area contributed by atoms with Gasteiger partial charge in [0.15, 0.2) is 0 Å². The molecule has 0 spiro atoms. The third-order valence-corrected chi connectivity index (χ3v) is 7.95. The Morgan fingerprint density at radius 2 is 1.93 bits per heavy atom. The second kappa shape index (κ2) is 11.7. The van der Waals surface area contributed by atoms with Crippen LogP contribution in [0.1, 0.15) is 60.5 Å². The van der Waals surface area contributed by atoms with E-state index in [0.29, 0.717) is 29.2 Å². The smallest absolute Gasteiger partial charge is 0.401 e. The topological polar surface area (TPSA) is 80.7 Å². The highest BCUT2D eigenvalue weighted by Gasteiger charge is 2.39. The Balaban J connectivity index is 1.45. The van der Waals surface area contributed by atoms with E-state index >= 15 is 0 Å². The number of nitrogens with one attached hydrogen (secondary N) is 1. The molecule has 1 fully saturated rings. The van der Waals surface area contributed by atoms with Crippen LogP contribution in [0.25, 0.3) is 11.1 Å². The lowest BCUT2D eigenvalue weighted by atomic mass is 9.82. The van der Waals surface area contributed by atoms with Crippen molar-refractivity contribution in [3.8, 4) is 22.8 Å². The van der Waals surface area contributed by atoms with Gasteiger partial charge in [0, 0.05) is 18.2 Å². The zero-order chi connectivity index (χ0) is 29.3. The molecule has 1 saturated carbocycles. The van der Waals surface area contributed by atoms with Crippen LogP contribution in [-0.4, -0.2) is 35.9 Å². The molecule has 0 radical (unpaired) electrons. The minimum atomic E-state index is -4.40. The molecule has 1 aliphatic heterocycles. The first-order chi connectivity index (χ1) is 19.5. The number of benzene rings is 2. The van der Waals surface area contributed by atoms with Crippen LogP contribution >= 0.6 is 0 Å². The van der Waals surface area contributed by atoms with E-state index in [1.54, 1.807) is 25.1 Å². The number of carboxylic acid groups (broad SMARTS) is 1. The second-order valence-corrected chi connectivity index (χ2v) is 10.8. The SMILES string of the molecule is COc1cc(-c2ccc([C@@H]3CCc4ccc([C@H](C5CC5)[C@H](C)C(=O)O)cc4O3)cc2CNCC(F)(F)F)c(F)cn1. The number of halogens is 4. The van der Waals surface area contributed by atoms with Gasteiger partial charge in [-0.2, -0.15) is 13.2 Å². The molecular formula is C31H32F4N2O4. The first kappa shape index (κ1) is 28.9. The van der Waals surface area contributed by atoms with Crippen LogP contribution in [0, 0.1) is 17.7 Å². The zero-order valence-electron chi connectivity index (χ0n) is 22.8. The number of aliphatic carboxylic acids is 1. The molecule has 2 N–H and O–H groups in total. The number of carbonyl (C=O) groups is 1. The molecule has 1 aliphatic carbocycles. The highest BCUT2D eigenvalue weighted by molar-refractivity contribution is 5.71. The fourth-order valence-corrected chi connectivity index (χ4v) is 5.71. The standard InChI is InChI=1S/C31H32F4N2O4/c1-17(30(38)39)29(19-4-5-19)21-6-3-18-8-10-26(41-27(18)12-21)20-7-9-23(22(11-20)14-36-16-31(33,34)35)24-13-28(40-2)37-15-25(24)32/h3,6-7,9,11-13,15,17,19,26,29,36H,4-5,8,10,14,16H2,1-2H3,(H,38,39)/t17-,26-,29-/m0/s1. The maximum Gasteiger partial charge on any atom is 0.401 e. The van der Waals surface area contributed by atoms with Crippen molar-refractivity contribution in [2.75, 3.05) is 13.7 Å². The molecule has 0 unspecified atom stereocenters. The van der Waals surface area contributed by atoms with Gasteiger partial charge in [-0.3, -0.25) is 4.79 Å². The highest BCUT2D eigenvalue weighted by Crippen LogP contribution is 2.48. The molecule has 6 nitrogen and oxygen atoms in total. The van der Waals surface area contributed by atoms with E-state index in [-0.39, 0.29) is 30.0 Å². The molecule has 3 aromatic rings. The third kappa shape index (κ3) is 6.64. The highest BCUT2D eigenvalue weighted by atomic mass is 19.4. The summed E-state index contributed by atoms with van der Waals surface area (Å²) in [5, 5.41) is 12.1. The minimum absolute atomic E-state index is 0.0976. The number of alkyl halides is 3. The lowest BCUT2D eigenvalue weighted by molar-refractivity contribution is -0.142. The van der Waals surface area contributed by atoms with Gasteiger partial charge >= 0.3 is 12.1 Å². The van der Waals surface area contributed by atoms with Gasteiger partial charge in [-0.25, -0.2) is 9.37 Å². The van der Waals surface area contributed by atoms with Crippen molar-refractivity contribution in [1.29, 1.82) is 0 Å². The predicted molar refractivity (Wildman–Crippen MR) is 144 cm³/mol. The van der Waals surface area contributed by atoms with Crippen molar-refractivity contribution < 1.29 is 36.9 Å². The van der Waals surface area contributed by atoms with Crippen molar-refractivity contribution in [2.45, 2.75) is 57.3 Å². The van der Waals surface area contributed by atoms with Gasteiger partial charge in [-0.05, 0) is 71.4 Å². The van der Waals surface area contributed by atoms with E-state index in [0.717, 1.165) is 42.1 Å². The normalized spacial score (nSPS) is 18.2. The molecule has 2 aromatic carbocycles. The minimum Gasteiger partial charge on any atom is -0.485 e. The van der Waals surface area contributed by atoms with Gasteiger partial charge in [0.05, 0.1) is 25.8 Å². The predicted octanol–water partition coefficient (Wildman–Crippen LogP) is 6.83. The monoisotopic (exact) mass is 572 g/mol. The van der Waals surface area contributed by atoms with E-state index in [1.807, 2.05) is 18.2 Å². The number of fused-ring (bicyclic) bond motifs is 1. The summed E-state index contributed by atoms with van der Waals surface area (Å²) in [6.45, 7) is 0.410. The number of methoxy groups -OCH3 is 1. The first-order valence-corrected chi connectivity index (χ1v) is 13.7.